The van der Waals surface area contributed by atoms with E-state index in [2.05, 4.69) is 0 Å². The molecule has 0 saturated heterocycles. The van der Waals surface area contributed by atoms with Crippen molar-refractivity contribution in [3.05, 3.63) is 63.7 Å². The number of halogens is 1. The number of hydrogen-bond acceptors (Lipinski definition) is 2. The maximum absolute atomic E-state index is 10.6. The summed E-state index contributed by atoms with van der Waals surface area (Å²) in [4.78, 5) is 0. The number of benzene rings is 2. The minimum absolute atomic E-state index is 0.644. The van der Waals surface area contributed by atoms with Gasteiger partial charge in [-0.15, -0.1) is 0 Å². The van der Waals surface area contributed by atoms with E-state index in [1.165, 1.54) is 0 Å². The minimum Gasteiger partial charge on any atom is -0.493 e. The van der Waals surface area contributed by atoms with E-state index in [9.17, 15) is 5.11 Å². The molecule has 98 valence electrons. The molecule has 0 fully saturated rings. The molecule has 2 nitrogen and oxygen atoms in total. The Morgan fingerprint density at radius 1 is 1.26 bits per heavy atom. The Morgan fingerprint density at radius 2 is 2.11 bits per heavy atom. The summed E-state index contributed by atoms with van der Waals surface area (Å²) in [6.07, 6.45) is 0.147. The fourth-order valence-corrected chi connectivity index (χ4v) is 2.77. The Bertz CT molecular complexity index is 622. The van der Waals surface area contributed by atoms with Gasteiger partial charge in [-0.05, 0) is 30.2 Å². The van der Waals surface area contributed by atoms with Crippen LogP contribution >= 0.6 is 11.6 Å². The molecular formula is C16H15ClO2. The molecule has 1 aliphatic rings. The van der Waals surface area contributed by atoms with Crippen molar-refractivity contribution < 1.29 is 9.84 Å². The van der Waals surface area contributed by atoms with Crippen molar-refractivity contribution in [1.29, 1.82) is 0 Å². The molecule has 1 aliphatic heterocycles. The van der Waals surface area contributed by atoms with E-state index in [1.54, 1.807) is 6.07 Å². The molecular weight excluding hydrogens is 260 g/mol. The van der Waals surface area contributed by atoms with E-state index >= 15 is 0 Å². The SMILES string of the molecule is Cc1cccc(C(O)c2cc(Cl)cc3c2OCC3)c1. The number of aryl methyl sites for hydroxylation is 1. The van der Waals surface area contributed by atoms with Crippen LogP contribution in [0.2, 0.25) is 5.02 Å². The van der Waals surface area contributed by atoms with Crippen molar-refractivity contribution >= 4 is 11.6 Å². The van der Waals surface area contributed by atoms with Crippen LogP contribution in [0.15, 0.2) is 36.4 Å². The topological polar surface area (TPSA) is 29.5 Å². The van der Waals surface area contributed by atoms with Gasteiger partial charge in [-0.1, -0.05) is 41.4 Å². The Kier molecular flexibility index (Phi) is 3.21. The van der Waals surface area contributed by atoms with Crippen molar-refractivity contribution in [1.82, 2.24) is 0 Å². The van der Waals surface area contributed by atoms with Gasteiger partial charge in [0.2, 0.25) is 0 Å². The summed E-state index contributed by atoms with van der Waals surface area (Å²) >= 11 is 6.12. The third-order valence-corrected chi connectivity index (χ3v) is 3.65. The number of fused-ring (bicyclic) bond motifs is 1. The molecule has 19 heavy (non-hydrogen) atoms. The lowest BCUT2D eigenvalue weighted by atomic mass is 9.97. The zero-order chi connectivity index (χ0) is 13.4. The van der Waals surface area contributed by atoms with Gasteiger partial charge in [0.25, 0.3) is 0 Å². The van der Waals surface area contributed by atoms with Crippen LogP contribution in [0.4, 0.5) is 0 Å². The lowest BCUT2D eigenvalue weighted by molar-refractivity contribution is 0.213. The van der Waals surface area contributed by atoms with Crippen molar-refractivity contribution in [3.63, 3.8) is 0 Å². The highest BCUT2D eigenvalue weighted by Gasteiger charge is 2.23. The van der Waals surface area contributed by atoms with E-state index in [1.807, 2.05) is 37.3 Å². The van der Waals surface area contributed by atoms with Gasteiger partial charge in [0.15, 0.2) is 0 Å². The highest BCUT2D eigenvalue weighted by atomic mass is 35.5. The van der Waals surface area contributed by atoms with Crippen LogP contribution in [0.5, 0.6) is 5.75 Å². The van der Waals surface area contributed by atoms with E-state index < -0.39 is 6.10 Å². The Labute approximate surface area is 117 Å². The van der Waals surface area contributed by atoms with Crippen LogP contribution in [0.1, 0.15) is 28.4 Å². The highest BCUT2D eigenvalue weighted by molar-refractivity contribution is 6.30. The first-order valence-corrected chi connectivity index (χ1v) is 6.72. The van der Waals surface area contributed by atoms with Gasteiger partial charge >= 0.3 is 0 Å². The maximum Gasteiger partial charge on any atom is 0.128 e. The first-order chi connectivity index (χ1) is 9.15. The molecule has 3 heteroatoms. The van der Waals surface area contributed by atoms with Crippen LogP contribution in [0.25, 0.3) is 0 Å². The van der Waals surface area contributed by atoms with Gasteiger partial charge in [0.05, 0.1) is 6.61 Å². The molecule has 1 N–H and O–H groups in total. The lowest BCUT2D eigenvalue weighted by Crippen LogP contribution is -2.02. The molecule has 0 saturated carbocycles. The van der Waals surface area contributed by atoms with Crippen molar-refractivity contribution in [2.45, 2.75) is 19.4 Å². The molecule has 2 aromatic carbocycles. The molecule has 1 heterocycles. The fourth-order valence-electron chi connectivity index (χ4n) is 2.52. The predicted molar refractivity (Wildman–Crippen MR) is 75.9 cm³/mol. The average Bonchev–Trinajstić information content (AvgIpc) is 2.85. The number of rotatable bonds is 2. The summed E-state index contributed by atoms with van der Waals surface area (Å²) in [7, 11) is 0. The highest BCUT2D eigenvalue weighted by Crippen LogP contribution is 2.38. The summed E-state index contributed by atoms with van der Waals surface area (Å²) in [5.74, 6) is 0.790. The Balaban J connectivity index is 2.07. The second kappa shape index (κ2) is 4.87. The zero-order valence-corrected chi connectivity index (χ0v) is 11.4. The molecule has 1 atom stereocenters. The zero-order valence-electron chi connectivity index (χ0n) is 10.7. The van der Waals surface area contributed by atoms with Gasteiger partial charge in [0.1, 0.15) is 11.9 Å². The normalized spacial score (nSPS) is 14.9. The van der Waals surface area contributed by atoms with E-state index in [0.29, 0.717) is 11.6 Å². The van der Waals surface area contributed by atoms with Crippen LogP contribution < -0.4 is 4.74 Å². The molecule has 2 aromatic rings. The number of ether oxygens (including phenoxy) is 1. The maximum atomic E-state index is 10.6. The van der Waals surface area contributed by atoms with Crippen molar-refractivity contribution in [2.75, 3.05) is 6.61 Å². The molecule has 0 spiro atoms. The Morgan fingerprint density at radius 3 is 2.89 bits per heavy atom. The molecule has 1 unspecified atom stereocenters. The summed E-state index contributed by atoms with van der Waals surface area (Å²) in [6, 6.07) is 11.6. The number of aliphatic hydroxyl groups excluding tert-OH is 1. The summed E-state index contributed by atoms with van der Waals surface area (Å²) in [6.45, 7) is 2.67. The third kappa shape index (κ3) is 2.34. The molecule has 0 bridgehead atoms. The smallest absolute Gasteiger partial charge is 0.128 e. The van der Waals surface area contributed by atoms with Gasteiger partial charge in [-0.25, -0.2) is 0 Å². The van der Waals surface area contributed by atoms with Crippen LogP contribution in [-0.4, -0.2) is 11.7 Å². The van der Waals surface area contributed by atoms with Crippen molar-refractivity contribution in [3.8, 4) is 5.75 Å². The van der Waals surface area contributed by atoms with E-state index in [-0.39, 0.29) is 0 Å². The summed E-state index contributed by atoms with van der Waals surface area (Å²) in [5, 5.41) is 11.2. The summed E-state index contributed by atoms with van der Waals surface area (Å²) in [5.41, 5.74) is 3.82. The first-order valence-electron chi connectivity index (χ1n) is 6.35. The number of hydrogen-bond donors (Lipinski definition) is 1. The third-order valence-electron chi connectivity index (χ3n) is 3.43. The van der Waals surface area contributed by atoms with E-state index in [4.69, 9.17) is 16.3 Å². The molecule has 0 aliphatic carbocycles. The van der Waals surface area contributed by atoms with Gasteiger partial charge in [-0.2, -0.15) is 0 Å². The van der Waals surface area contributed by atoms with Gasteiger partial charge in [-0.3, -0.25) is 0 Å². The van der Waals surface area contributed by atoms with Crippen molar-refractivity contribution in [2.24, 2.45) is 0 Å². The molecule has 0 radical (unpaired) electrons. The number of aliphatic hydroxyl groups is 1. The standard InChI is InChI=1S/C16H15ClO2/c1-10-3-2-4-11(7-10)15(18)14-9-13(17)8-12-5-6-19-16(12)14/h2-4,7-9,15,18H,5-6H2,1H3. The van der Waals surface area contributed by atoms with Gasteiger partial charge < -0.3 is 9.84 Å². The van der Waals surface area contributed by atoms with Crippen LogP contribution in [0, 0.1) is 6.92 Å². The Hall–Kier alpha value is -1.51. The molecule has 0 amide bonds. The van der Waals surface area contributed by atoms with Crippen LogP contribution in [0.3, 0.4) is 0 Å². The summed E-state index contributed by atoms with van der Waals surface area (Å²) < 4.78 is 5.64. The largest absolute Gasteiger partial charge is 0.493 e. The fraction of sp³-hybridized carbons (Fsp3) is 0.250. The van der Waals surface area contributed by atoms with Gasteiger partial charge in [0, 0.05) is 17.0 Å². The van der Waals surface area contributed by atoms with Crippen LogP contribution in [-0.2, 0) is 6.42 Å². The first kappa shape index (κ1) is 12.5. The molecule has 3 rings (SSSR count). The second-order valence-electron chi connectivity index (χ2n) is 4.90. The monoisotopic (exact) mass is 274 g/mol. The predicted octanol–water partition coefficient (Wildman–Crippen LogP) is 3.67. The lowest BCUT2D eigenvalue weighted by Gasteiger charge is -2.16. The minimum atomic E-state index is -0.703. The quantitative estimate of drug-likeness (QED) is 0.905. The molecule has 0 aromatic heterocycles. The average molecular weight is 275 g/mol. The second-order valence-corrected chi connectivity index (χ2v) is 5.33. The van der Waals surface area contributed by atoms with E-state index in [0.717, 1.165) is 34.4 Å².